The number of sulfonamides is 1. The van der Waals surface area contributed by atoms with Gasteiger partial charge < -0.3 is 5.32 Å². The van der Waals surface area contributed by atoms with Crippen molar-refractivity contribution in [3.05, 3.63) is 72.1 Å². The number of nitrogens with zero attached hydrogens (tertiary/aromatic N) is 3. The van der Waals surface area contributed by atoms with Crippen LogP contribution in [0.5, 0.6) is 0 Å². The highest BCUT2D eigenvalue weighted by Gasteiger charge is 2.19. The van der Waals surface area contributed by atoms with Gasteiger partial charge in [-0.25, -0.2) is 17.4 Å². The summed E-state index contributed by atoms with van der Waals surface area (Å²) in [6, 6.07) is 15.7. The van der Waals surface area contributed by atoms with Crippen LogP contribution in [0, 0.1) is 6.92 Å². The monoisotopic (exact) mass is 384 g/mol. The molecule has 0 unspecified atom stereocenters. The van der Waals surface area contributed by atoms with E-state index in [1.165, 1.54) is 32.4 Å². The third-order valence-electron chi connectivity index (χ3n) is 4.13. The van der Waals surface area contributed by atoms with Gasteiger partial charge in [-0.3, -0.25) is 4.79 Å². The number of rotatable bonds is 5. The van der Waals surface area contributed by atoms with E-state index in [0.717, 1.165) is 9.99 Å². The number of hydrogen-bond acceptors (Lipinski definition) is 4. The Kier molecular flexibility index (Phi) is 5.11. The fourth-order valence-electron chi connectivity index (χ4n) is 2.61. The Bertz CT molecular complexity index is 1070. The Balaban J connectivity index is 1.86. The summed E-state index contributed by atoms with van der Waals surface area (Å²) >= 11 is 0. The zero-order valence-corrected chi connectivity index (χ0v) is 16.1. The zero-order valence-electron chi connectivity index (χ0n) is 15.2. The Morgan fingerprint density at radius 2 is 1.78 bits per heavy atom. The molecule has 1 N–H and O–H groups in total. The first-order valence-corrected chi connectivity index (χ1v) is 9.68. The number of benzene rings is 2. The lowest BCUT2D eigenvalue weighted by Crippen LogP contribution is -2.22. The predicted octanol–water partition coefficient (Wildman–Crippen LogP) is 2.68. The summed E-state index contributed by atoms with van der Waals surface area (Å²) in [5.41, 5.74) is 2.36. The second-order valence-corrected chi connectivity index (χ2v) is 8.31. The van der Waals surface area contributed by atoms with Crippen LogP contribution in [0.25, 0.3) is 5.69 Å². The number of carbonyl (C=O) groups is 1. The van der Waals surface area contributed by atoms with Crippen molar-refractivity contribution in [3.8, 4) is 5.69 Å². The molecule has 1 amide bonds. The normalized spacial score (nSPS) is 11.6. The highest BCUT2D eigenvalue weighted by molar-refractivity contribution is 7.89. The van der Waals surface area contributed by atoms with Crippen molar-refractivity contribution in [1.82, 2.24) is 14.1 Å². The quantitative estimate of drug-likeness (QED) is 0.733. The number of para-hydroxylation sites is 1. The van der Waals surface area contributed by atoms with Crippen LogP contribution in [0.15, 0.2) is 65.7 Å². The van der Waals surface area contributed by atoms with Crippen LogP contribution < -0.4 is 5.32 Å². The fraction of sp³-hybridized carbons (Fsp3) is 0.158. The number of aromatic nitrogens is 2. The van der Waals surface area contributed by atoms with Gasteiger partial charge in [-0.15, -0.1) is 0 Å². The third-order valence-corrected chi connectivity index (χ3v) is 5.94. The first-order chi connectivity index (χ1) is 12.8. The average molecular weight is 384 g/mol. The van der Waals surface area contributed by atoms with Gasteiger partial charge in [0.15, 0.2) is 0 Å². The summed E-state index contributed by atoms with van der Waals surface area (Å²) in [6.07, 6.45) is 1.50. The molecular weight excluding hydrogens is 364 g/mol. The molecule has 0 spiro atoms. The Morgan fingerprint density at radius 1 is 1.07 bits per heavy atom. The Labute approximate surface area is 158 Å². The van der Waals surface area contributed by atoms with E-state index in [9.17, 15) is 13.2 Å². The van der Waals surface area contributed by atoms with Crippen LogP contribution in [0.1, 0.15) is 16.1 Å². The molecule has 0 aliphatic carbocycles. The van der Waals surface area contributed by atoms with Crippen molar-refractivity contribution >= 4 is 21.6 Å². The lowest BCUT2D eigenvalue weighted by atomic mass is 10.2. The fourth-order valence-corrected chi connectivity index (χ4v) is 3.55. The van der Waals surface area contributed by atoms with Crippen molar-refractivity contribution in [1.29, 1.82) is 0 Å². The molecule has 0 saturated heterocycles. The minimum Gasteiger partial charge on any atom is -0.322 e. The standard InChI is InChI=1S/C19H20N4O3S/c1-14-18(13-20-23(14)16-9-5-4-6-10-16)19(24)21-15-8-7-11-17(12-15)27(25,26)22(2)3/h4-13H,1-3H3,(H,21,24). The summed E-state index contributed by atoms with van der Waals surface area (Å²) in [4.78, 5) is 12.8. The lowest BCUT2D eigenvalue weighted by Gasteiger charge is -2.12. The molecule has 140 valence electrons. The molecule has 1 heterocycles. The second-order valence-electron chi connectivity index (χ2n) is 6.16. The molecular formula is C19H20N4O3S. The molecule has 0 aliphatic heterocycles. The highest BCUT2D eigenvalue weighted by Crippen LogP contribution is 2.20. The van der Waals surface area contributed by atoms with Crippen molar-refractivity contribution < 1.29 is 13.2 Å². The summed E-state index contributed by atoms with van der Waals surface area (Å²) in [7, 11) is -0.654. The topological polar surface area (TPSA) is 84.3 Å². The number of carbonyl (C=O) groups excluding carboxylic acids is 1. The highest BCUT2D eigenvalue weighted by atomic mass is 32.2. The maximum Gasteiger partial charge on any atom is 0.259 e. The summed E-state index contributed by atoms with van der Waals surface area (Å²) in [6.45, 7) is 1.81. The molecule has 1 aromatic heterocycles. The van der Waals surface area contributed by atoms with Gasteiger partial charge in [0.25, 0.3) is 5.91 Å². The van der Waals surface area contributed by atoms with Gasteiger partial charge in [0, 0.05) is 19.8 Å². The van der Waals surface area contributed by atoms with Crippen molar-refractivity contribution in [2.24, 2.45) is 0 Å². The van der Waals surface area contributed by atoms with Gasteiger partial charge in [0.05, 0.1) is 28.0 Å². The van der Waals surface area contributed by atoms with Gasteiger partial charge in [0.2, 0.25) is 10.0 Å². The van der Waals surface area contributed by atoms with Crippen molar-refractivity contribution in [2.75, 3.05) is 19.4 Å². The maximum atomic E-state index is 12.7. The molecule has 0 bridgehead atoms. The Morgan fingerprint density at radius 3 is 2.44 bits per heavy atom. The van der Waals surface area contributed by atoms with Crippen LogP contribution in [0.2, 0.25) is 0 Å². The van der Waals surface area contributed by atoms with Crippen LogP contribution in [0.3, 0.4) is 0 Å². The van der Waals surface area contributed by atoms with E-state index < -0.39 is 10.0 Å². The first kappa shape index (κ1) is 18.8. The minimum atomic E-state index is -3.57. The van der Waals surface area contributed by atoms with E-state index >= 15 is 0 Å². The molecule has 0 saturated carbocycles. The summed E-state index contributed by atoms with van der Waals surface area (Å²) < 4.78 is 27.3. The molecule has 7 nitrogen and oxygen atoms in total. The number of anilines is 1. The summed E-state index contributed by atoms with van der Waals surface area (Å²) in [5.74, 6) is -0.353. The largest absolute Gasteiger partial charge is 0.322 e. The molecule has 0 atom stereocenters. The number of hydrogen-bond donors (Lipinski definition) is 1. The predicted molar refractivity (Wildman–Crippen MR) is 104 cm³/mol. The van der Waals surface area contributed by atoms with Crippen LogP contribution in [-0.4, -0.2) is 42.5 Å². The van der Waals surface area contributed by atoms with E-state index in [0.29, 0.717) is 16.9 Å². The molecule has 0 radical (unpaired) electrons. The molecule has 3 rings (SSSR count). The minimum absolute atomic E-state index is 0.113. The van der Waals surface area contributed by atoms with Gasteiger partial charge >= 0.3 is 0 Å². The van der Waals surface area contributed by atoms with Gasteiger partial charge in [-0.2, -0.15) is 5.10 Å². The maximum absolute atomic E-state index is 12.7. The molecule has 0 fully saturated rings. The molecule has 0 aliphatic rings. The van der Waals surface area contributed by atoms with Crippen molar-refractivity contribution in [2.45, 2.75) is 11.8 Å². The summed E-state index contributed by atoms with van der Waals surface area (Å²) in [5, 5.41) is 7.02. The van der Waals surface area contributed by atoms with E-state index in [2.05, 4.69) is 10.4 Å². The molecule has 27 heavy (non-hydrogen) atoms. The Hall–Kier alpha value is -2.97. The van der Waals surface area contributed by atoms with E-state index in [1.54, 1.807) is 16.8 Å². The van der Waals surface area contributed by atoms with E-state index in [-0.39, 0.29) is 10.8 Å². The molecule has 8 heteroatoms. The molecule has 2 aromatic carbocycles. The van der Waals surface area contributed by atoms with Gasteiger partial charge in [-0.1, -0.05) is 24.3 Å². The van der Waals surface area contributed by atoms with E-state index in [4.69, 9.17) is 0 Å². The van der Waals surface area contributed by atoms with E-state index in [1.807, 2.05) is 37.3 Å². The third kappa shape index (κ3) is 3.76. The SMILES string of the molecule is Cc1c(C(=O)Nc2cccc(S(=O)(=O)N(C)C)c2)cnn1-c1ccccc1. The van der Waals surface area contributed by atoms with Gasteiger partial charge in [-0.05, 0) is 37.3 Å². The zero-order chi connectivity index (χ0) is 19.6. The lowest BCUT2D eigenvalue weighted by molar-refractivity contribution is 0.102. The smallest absolute Gasteiger partial charge is 0.259 e. The average Bonchev–Trinajstić information content (AvgIpc) is 3.04. The van der Waals surface area contributed by atoms with Crippen molar-refractivity contribution in [3.63, 3.8) is 0 Å². The first-order valence-electron chi connectivity index (χ1n) is 8.24. The number of amides is 1. The van der Waals surface area contributed by atoms with Gasteiger partial charge in [0.1, 0.15) is 0 Å². The molecule has 3 aromatic rings. The van der Waals surface area contributed by atoms with Crippen LogP contribution in [-0.2, 0) is 10.0 Å². The second kappa shape index (κ2) is 7.34. The number of nitrogens with one attached hydrogen (secondary N) is 1. The van der Waals surface area contributed by atoms with Crippen LogP contribution >= 0.6 is 0 Å². The van der Waals surface area contributed by atoms with Crippen LogP contribution in [0.4, 0.5) is 5.69 Å².